The maximum Gasteiger partial charge on any atom is 0.270 e. The number of anilines is 1. The molecule has 2 heterocycles. The average molecular weight is 288 g/mol. The predicted octanol–water partition coefficient (Wildman–Crippen LogP) is 1.54. The first-order valence-electron chi connectivity index (χ1n) is 6.82. The number of fused-ring (bicyclic) bond motifs is 1. The monoisotopic (exact) mass is 288 g/mol. The molecule has 1 aliphatic heterocycles. The van der Waals surface area contributed by atoms with Gasteiger partial charge in [0.25, 0.3) is 5.69 Å². The van der Waals surface area contributed by atoms with Crippen LogP contribution in [0.15, 0.2) is 30.3 Å². The Hall–Kier alpha value is -2.25. The third-order valence-electron chi connectivity index (χ3n) is 3.41. The van der Waals surface area contributed by atoms with Crippen LogP contribution < -0.4 is 10.6 Å². The molecule has 0 spiro atoms. The van der Waals surface area contributed by atoms with E-state index in [9.17, 15) is 10.1 Å². The molecule has 0 aliphatic carbocycles. The molecule has 0 saturated carbocycles. The summed E-state index contributed by atoms with van der Waals surface area (Å²) in [4.78, 5) is 14.8. The Morgan fingerprint density at radius 3 is 3.10 bits per heavy atom. The highest BCUT2D eigenvalue weighted by atomic mass is 16.6. The number of rotatable bonds is 4. The summed E-state index contributed by atoms with van der Waals surface area (Å²) in [7, 11) is 0. The van der Waals surface area contributed by atoms with Crippen molar-refractivity contribution in [2.45, 2.75) is 6.04 Å². The summed E-state index contributed by atoms with van der Waals surface area (Å²) >= 11 is 0. The number of pyridine rings is 1. The van der Waals surface area contributed by atoms with Crippen molar-refractivity contribution in [3.05, 3.63) is 40.4 Å². The summed E-state index contributed by atoms with van der Waals surface area (Å²) in [5.41, 5.74) is 0.812. The van der Waals surface area contributed by atoms with Crippen LogP contribution in [0.3, 0.4) is 0 Å². The van der Waals surface area contributed by atoms with Crippen molar-refractivity contribution in [2.24, 2.45) is 0 Å². The van der Waals surface area contributed by atoms with E-state index in [0.29, 0.717) is 6.61 Å². The van der Waals surface area contributed by atoms with E-state index in [4.69, 9.17) is 4.74 Å². The lowest BCUT2D eigenvalue weighted by molar-refractivity contribution is -0.384. The summed E-state index contributed by atoms with van der Waals surface area (Å²) in [5, 5.41) is 18.1. The number of aromatic nitrogens is 1. The van der Waals surface area contributed by atoms with Gasteiger partial charge in [-0.1, -0.05) is 0 Å². The molecule has 2 N–H and O–H groups in total. The minimum Gasteiger partial charge on any atom is -0.378 e. The number of benzene rings is 1. The Morgan fingerprint density at radius 2 is 2.33 bits per heavy atom. The van der Waals surface area contributed by atoms with E-state index in [2.05, 4.69) is 15.6 Å². The molecule has 7 nitrogen and oxygen atoms in total. The molecule has 21 heavy (non-hydrogen) atoms. The molecule has 0 amide bonds. The van der Waals surface area contributed by atoms with Gasteiger partial charge in [-0.15, -0.1) is 0 Å². The van der Waals surface area contributed by atoms with Gasteiger partial charge >= 0.3 is 0 Å². The highest BCUT2D eigenvalue weighted by Crippen LogP contribution is 2.21. The van der Waals surface area contributed by atoms with Gasteiger partial charge in [0, 0.05) is 36.7 Å². The summed E-state index contributed by atoms with van der Waals surface area (Å²) < 4.78 is 5.39. The zero-order chi connectivity index (χ0) is 14.7. The minimum absolute atomic E-state index is 0.0774. The molecule has 1 atom stereocenters. The molecule has 1 saturated heterocycles. The third-order valence-corrected chi connectivity index (χ3v) is 3.41. The smallest absolute Gasteiger partial charge is 0.270 e. The summed E-state index contributed by atoms with van der Waals surface area (Å²) in [6, 6.07) is 8.60. The van der Waals surface area contributed by atoms with Crippen molar-refractivity contribution in [2.75, 3.05) is 31.6 Å². The Bertz CT molecular complexity index is 656. The van der Waals surface area contributed by atoms with Gasteiger partial charge in [-0.2, -0.15) is 0 Å². The van der Waals surface area contributed by atoms with Gasteiger partial charge in [0.05, 0.1) is 23.7 Å². The largest absolute Gasteiger partial charge is 0.378 e. The van der Waals surface area contributed by atoms with E-state index in [1.54, 1.807) is 6.07 Å². The number of non-ortho nitro benzene ring substituents is 1. The van der Waals surface area contributed by atoms with E-state index >= 15 is 0 Å². The molecule has 3 rings (SSSR count). The van der Waals surface area contributed by atoms with Gasteiger partial charge in [0.1, 0.15) is 5.82 Å². The fraction of sp³-hybridized carbons (Fsp3) is 0.357. The number of nitrogens with one attached hydrogen (secondary N) is 2. The molecule has 1 fully saturated rings. The lowest BCUT2D eigenvalue weighted by Crippen LogP contribution is -2.45. The van der Waals surface area contributed by atoms with Crippen LogP contribution in [0.2, 0.25) is 0 Å². The van der Waals surface area contributed by atoms with Crippen LogP contribution in [0.5, 0.6) is 0 Å². The van der Waals surface area contributed by atoms with Gasteiger partial charge in [0.15, 0.2) is 0 Å². The van der Waals surface area contributed by atoms with E-state index in [-0.39, 0.29) is 11.7 Å². The lowest BCUT2D eigenvalue weighted by atomic mass is 10.2. The van der Waals surface area contributed by atoms with E-state index in [1.807, 2.05) is 12.1 Å². The summed E-state index contributed by atoms with van der Waals surface area (Å²) in [6.45, 7) is 3.03. The predicted molar refractivity (Wildman–Crippen MR) is 79.5 cm³/mol. The van der Waals surface area contributed by atoms with Crippen LogP contribution in [0.25, 0.3) is 10.9 Å². The minimum atomic E-state index is -0.402. The zero-order valence-electron chi connectivity index (χ0n) is 11.4. The van der Waals surface area contributed by atoms with Crippen LogP contribution in [-0.4, -0.2) is 42.3 Å². The first-order valence-corrected chi connectivity index (χ1v) is 6.82. The summed E-state index contributed by atoms with van der Waals surface area (Å²) in [6.07, 6.45) is 0. The fourth-order valence-corrected chi connectivity index (χ4v) is 2.30. The van der Waals surface area contributed by atoms with Crippen LogP contribution >= 0.6 is 0 Å². The van der Waals surface area contributed by atoms with Crippen LogP contribution in [0, 0.1) is 10.1 Å². The number of nitro benzene ring substituents is 1. The van der Waals surface area contributed by atoms with Crippen molar-refractivity contribution in [3.63, 3.8) is 0 Å². The van der Waals surface area contributed by atoms with Gasteiger partial charge in [-0.25, -0.2) is 4.98 Å². The second-order valence-corrected chi connectivity index (χ2v) is 4.94. The van der Waals surface area contributed by atoms with Crippen molar-refractivity contribution in [3.8, 4) is 0 Å². The Balaban J connectivity index is 1.71. The average Bonchev–Trinajstić information content (AvgIpc) is 2.53. The van der Waals surface area contributed by atoms with Crippen molar-refractivity contribution in [1.82, 2.24) is 10.3 Å². The Kier molecular flexibility index (Phi) is 3.94. The van der Waals surface area contributed by atoms with E-state index < -0.39 is 4.92 Å². The molecule has 0 bridgehead atoms. The maximum absolute atomic E-state index is 10.7. The highest BCUT2D eigenvalue weighted by Gasteiger charge is 2.13. The van der Waals surface area contributed by atoms with Gasteiger partial charge in [-0.05, 0) is 18.2 Å². The van der Waals surface area contributed by atoms with Gasteiger partial charge in [0.2, 0.25) is 0 Å². The van der Waals surface area contributed by atoms with Crippen LogP contribution in [0.4, 0.5) is 11.5 Å². The molecule has 7 heteroatoms. The van der Waals surface area contributed by atoms with Gasteiger partial charge < -0.3 is 15.4 Å². The normalized spacial score (nSPS) is 18.6. The quantitative estimate of drug-likeness (QED) is 0.655. The number of hydrogen-bond donors (Lipinski definition) is 2. The lowest BCUT2D eigenvalue weighted by Gasteiger charge is -2.24. The molecule has 1 aliphatic rings. The molecule has 1 unspecified atom stereocenters. The Morgan fingerprint density at radius 1 is 1.43 bits per heavy atom. The maximum atomic E-state index is 10.7. The number of hydrogen-bond acceptors (Lipinski definition) is 6. The van der Waals surface area contributed by atoms with Crippen LogP contribution in [0.1, 0.15) is 0 Å². The first kappa shape index (κ1) is 13.7. The SMILES string of the molecule is O=[N+]([O-])c1ccc2nc(NCC3COCCN3)ccc2c1. The van der Waals surface area contributed by atoms with Crippen LogP contribution in [-0.2, 0) is 4.74 Å². The number of nitro groups is 1. The van der Waals surface area contributed by atoms with Crippen molar-refractivity contribution < 1.29 is 9.66 Å². The third kappa shape index (κ3) is 3.26. The molecule has 1 aromatic carbocycles. The highest BCUT2D eigenvalue weighted by molar-refractivity contribution is 5.82. The van der Waals surface area contributed by atoms with E-state index in [1.165, 1.54) is 12.1 Å². The second-order valence-electron chi connectivity index (χ2n) is 4.94. The standard InChI is InChI=1S/C14H16N4O3/c19-18(20)12-2-3-13-10(7-12)1-4-14(17-13)16-8-11-9-21-6-5-15-11/h1-4,7,11,15H,5-6,8-9H2,(H,16,17). The van der Waals surface area contributed by atoms with Crippen molar-refractivity contribution >= 4 is 22.4 Å². The number of ether oxygens (including phenoxy) is 1. The molecule has 1 aromatic heterocycles. The molecule has 110 valence electrons. The number of nitrogens with zero attached hydrogens (tertiary/aromatic N) is 2. The summed E-state index contributed by atoms with van der Waals surface area (Å²) in [5.74, 6) is 0.753. The first-order chi connectivity index (χ1) is 10.2. The van der Waals surface area contributed by atoms with Gasteiger partial charge in [-0.3, -0.25) is 10.1 Å². The molecule has 2 aromatic rings. The molecule has 0 radical (unpaired) electrons. The Labute approximate surface area is 121 Å². The van der Waals surface area contributed by atoms with E-state index in [0.717, 1.165) is 36.4 Å². The number of morpholine rings is 1. The van der Waals surface area contributed by atoms with Crippen molar-refractivity contribution in [1.29, 1.82) is 0 Å². The molecular formula is C14H16N4O3. The fourth-order valence-electron chi connectivity index (χ4n) is 2.30. The zero-order valence-corrected chi connectivity index (χ0v) is 11.4. The molecular weight excluding hydrogens is 272 g/mol. The topological polar surface area (TPSA) is 89.3 Å². The second kappa shape index (κ2) is 6.02.